The number of hydrogen-bond acceptors (Lipinski definition) is 2. The van der Waals surface area contributed by atoms with E-state index in [1.54, 1.807) is 0 Å². The van der Waals surface area contributed by atoms with Gasteiger partial charge in [-0.05, 0) is 44.9 Å². The van der Waals surface area contributed by atoms with E-state index in [0.29, 0.717) is 5.92 Å². The van der Waals surface area contributed by atoms with Gasteiger partial charge in [-0.25, -0.2) is 0 Å². The second-order valence-electron chi connectivity index (χ2n) is 4.38. The van der Waals surface area contributed by atoms with Crippen LogP contribution in [0, 0.1) is 11.8 Å². The van der Waals surface area contributed by atoms with Gasteiger partial charge in [0.05, 0.1) is 6.10 Å². The molecule has 2 rings (SSSR count). The Hall–Kier alpha value is -0.370. The van der Waals surface area contributed by atoms with Crippen LogP contribution in [0.15, 0.2) is 0 Å². The van der Waals surface area contributed by atoms with Gasteiger partial charge in [-0.2, -0.15) is 0 Å². The molecule has 0 aromatic heterocycles. The summed E-state index contributed by atoms with van der Waals surface area (Å²) in [6.07, 6.45) is 4.57. The summed E-state index contributed by atoms with van der Waals surface area (Å²) in [7, 11) is 0. The predicted octanol–water partition coefficient (Wildman–Crippen LogP) is 1.78. The van der Waals surface area contributed by atoms with Gasteiger partial charge in [-0.3, -0.25) is 0 Å². The van der Waals surface area contributed by atoms with Crippen LogP contribution in [0.5, 0.6) is 0 Å². The Kier molecular flexibility index (Phi) is 1.76. The van der Waals surface area contributed by atoms with Crippen LogP contribution in [0.2, 0.25) is 0 Å². The van der Waals surface area contributed by atoms with Crippen molar-refractivity contribution in [1.29, 1.82) is 0 Å². The lowest BCUT2D eigenvalue weighted by Crippen LogP contribution is -2.37. The number of carbonyl (C=O) groups is 1. The molecule has 0 radical (unpaired) electrons. The van der Waals surface area contributed by atoms with Gasteiger partial charge in [0, 0.05) is 0 Å². The van der Waals surface area contributed by atoms with E-state index in [0.717, 1.165) is 18.6 Å². The second-order valence-corrected chi connectivity index (χ2v) is 4.38. The molecule has 2 nitrogen and oxygen atoms in total. The van der Waals surface area contributed by atoms with E-state index in [9.17, 15) is 4.79 Å². The summed E-state index contributed by atoms with van der Waals surface area (Å²) < 4.78 is 5.73. The fourth-order valence-electron chi connectivity index (χ4n) is 2.52. The van der Waals surface area contributed by atoms with Gasteiger partial charge >= 0.3 is 0 Å². The van der Waals surface area contributed by atoms with Crippen molar-refractivity contribution in [2.24, 2.45) is 11.8 Å². The average molecular weight is 168 g/mol. The van der Waals surface area contributed by atoms with Gasteiger partial charge in [-0.15, -0.1) is 0 Å². The predicted molar refractivity (Wildman–Crippen MR) is 45.8 cm³/mol. The van der Waals surface area contributed by atoms with E-state index in [1.165, 1.54) is 12.8 Å². The molecule has 12 heavy (non-hydrogen) atoms. The standard InChI is InChI=1S/C10H16O2/c1-7(2)12-10(6-11)4-3-8-5-9(8)10/h6-9H,3-5H2,1-2H3. The van der Waals surface area contributed by atoms with E-state index in [2.05, 4.69) is 0 Å². The number of rotatable bonds is 3. The van der Waals surface area contributed by atoms with Crippen molar-refractivity contribution >= 4 is 6.29 Å². The molecule has 0 heterocycles. The zero-order valence-corrected chi connectivity index (χ0v) is 7.75. The first-order chi connectivity index (χ1) is 5.68. The van der Waals surface area contributed by atoms with Crippen molar-refractivity contribution in [3.05, 3.63) is 0 Å². The van der Waals surface area contributed by atoms with Crippen LogP contribution >= 0.6 is 0 Å². The minimum atomic E-state index is -0.390. The Morgan fingerprint density at radius 2 is 2.33 bits per heavy atom. The molecule has 0 aromatic rings. The van der Waals surface area contributed by atoms with Crippen LogP contribution in [-0.4, -0.2) is 18.0 Å². The van der Waals surface area contributed by atoms with Crippen molar-refractivity contribution in [1.82, 2.24) is 0 Å². The molecule has 3 unspecified atom stereocenters. The van der Waals surface area contributed by atoms with E-state index in [1.807, 2.05) is 13.8 Å². The Balaban J connectivity index is 2.08. The number of hydrogen-bond donors (Lipinski definition) is 0. The van der Waals surface area contributed by atoms with Gasteiger partial charge in [0.2, 0.25) is 0 Å². The average Bonchev–Trinajstić information content (AvgIpc) is 2.72. The zero-order chi connectivity index (χ0) is 8.77. The number of carbonyl (C=O) groups excluding carboxylic acids is 1. The molecule has 2 saturated carbocycles. The largest absolute Gasteiger partial charge is 0.365 e. The molecule has 0 saturated heterocycles. The fraction of sp³-hybridized carbons (Fsp3) is 0.900. The molecule has 0 aliphatic heterocycles. The third-order valence-electron chi connectivity index (χ3n) is 3.11. The molecular formula is C10H16O2. The van der Waals surface area contributed by atoms with Crippen molar-refractivity contribution in [2.45, 2.75) is 44.8 Å². The highest BCUT2D eigenvalue weighted by molar-refractivity contribution is 5.65. The molecule has 0 spiro atoms. The quantitative estimate of drug-likeness (QED) is 0.600. The number of aldehydes is 1. The van der Waals surface area contributed by atoms with E-state index in [4.69, 9.17) is 4.74 Å². The minimum Gasteiger partial charge on any atom is -0.365 e. The lowest BCUT2D eigenvalue weighted by Gasteiger charge is -2.27. The first kappa shape index (κ1) is 8.24. The maximum atomic E-state index is 11.0. The van der Waals surface area contributed by atoms with E-state index < -0.39 is 5.60 Å². The van der Waals surface area contributed by atoms with E-state index >= 15 is 0 Å². The highest BCUT2D eigenvalue weighted by Crippen LogP contribution is 2.58. The number of ether oxygens (including phenoxy) is 1. The molecule has 0 bridgehead atoms. The van der Waals surface area contributed by atoms with Crippen LogP contribution in [0.1, 0.15) is 33.1 Å². The third-order valence-corrected chi connectivity index (χ3v) is 3.11. The van der Waals surface area contributed by atoms with Crippen LogP contribution in [0.4, 0.5) is 0 Å². The van der Waals surface area contributed by atoms with Crippen molar-refractivity contribution in [3.63, 3.8) is 0 Å². The van der Waals surface area contributed by atoms with E-state index in [-0.39, 0.29) is 6.10 Å². The van der Waals surface area contributed by atoms with Crippen LogP contribution in [0.25, 0.3) is 0 Å². The first-order valence-electron chi connectivity index (χ1n) is 4.82. The summed E-state index contributed by atoms with van der Waals surface area (Å²) in [5, 5.41) is 0. The summed E-state index contributed by atoms with van der Waals surface area (Å²) in [5.41, 5.74) is -0.390. The van der Waals surface area contributed by atoms with Crippen LogP contribution in [0.3, 0.4) is 0 Å². The van der Waals surface area contributed by atoms with Gasteiger partial charge < -0.3 is 9.53 Å². The van der Waals surface area contributed by atoms with Crippen LogP contribution < -0.4 is 0 Å². The van der Waals surface area contributed by atoms with Gasteiger partial charge in [0.25, 0.3) is 0 Å². The monoisotopic (exact) mass is 168 g/mol. The first-order valence-corrected chi connectivity index (χ1v) is 4.82. The Bertz CT molecular complexity index is 200. The fourth-order valence-corrected chi connectivity index (χ4v) is 2.52. The molecule has 2 heteroatoms. The summed E-state index contributed by atoms with van der Waals surface area (Å²) in [4.78, 5) is 11.0. The van der Waals surface area contributed by atoms with Crippen molar-refractivity contribution in [3.8, 4) is 0 Å². The van der Waals surface area contributed by atoms with Gasteiger partial charge in [0.15, 0.2) is 6.29 Å². The van der Waals surface area contributed by atoms with Crippen molar-refractivity contribution in [2.75, 3.05) is 0 Å². The minimum absolute atomic E-state index is 0.176. The van der Waals surface area contributed by atoms with Gasteiger partial charge in [0.1, 0.15) is 5.60 Å². The SMILES string of the molecule is CC(C)OC1(C=O)CCC2CC21. The normalized spacial score (nSPS) is 44.6. The third kappa shape index (κ3) is 1.09. The summed E-state index contributed by atoms with van der Waals surface area (Å²) >= 11 is 0. The molecule has 68 valence electrons. The molecule has 0 amide bonds. The summed E-state index contributed by atoms with van der Waals surface area (Å²) in [6, 6.07) is 0. The molecule has 3 atom stereocenters. The number of fused-ring (bicyclic) bond motifs is 1. The Morgan fingerprint density at radius 3 is 2.67 bits per heavy atom. The second kappa shape index (κ2) is 2.56. The summed E-state index contributed by atoms with van der Waals surface area (Å²) in [6.45, 7) is 4.00. The highest BCUT2D eigenvalue weighted by atomic mass is 16.5. The molecule has 0 aromatic carbocycles. The molecule has 2 fully saturated rings. The lowest BCUT2D eigenvalue weighted by atomic mass is 9.99. The Labute approximate surface area is 73.3 Å². The highest BCUT2D eigenvalue weighted by Gasteiger charge is 2.59. The Morgan fingerprint density at radius 1 is 1.58 bits per heavy atom. The molecule has 2 aliphatic rings. The maximum Gasteiger partial charge on any atom is 0.152 e. The van der Waals surface area contributed by atoms with Crippen molar-refractivity contribution < 1.29 is 9.53 Å². The van der Waals surface area contributed by atoms with Crippen LogP contribution in [-0.2, 0) is 9.53 Å². The molecular weight excluding hydrogens is 152 g/mol. The zero-order valence-electron chi connectivity index (χ0n) is 7.75. The molecule has 0 N–H and O–H groups in total. The lowest BCUT2D eigenvalue weighted by molar-refractivity contribution is -0.140. The maximum absolute atomic E-state index is 11.0. The molecule has 2 aliphatic carbocycles. The topological polar surface area (TPSA) is 26.3 Å². The van der Waals surface area contributed by atoms with Gasteiger partial charge in [-0.1, -0.05) is 0 Å². The smallest absolute Gasteiger partial charge is 0.152 e. The summed E-state index contributed by atoms with van der Waals surface area (Å²) in [5.74, 6) is 1.35.